The lowest BCUT2D eigenvalue weighted by atomic mass is 10.2. The van der Waals surface area contributed by atoms with Crippen molar-refractivity contribution in [3.63, 3.8) is 0 Å². The van der Waals surface area contributed by atoms with E-state index in [-0.39, 0.29) is 5.91 Å². The van der Waals surface area contributed by atoms with Crippen molar-refractivity contribution in [3.8, 4) is 5.75 Å². The van der Waals surface area contributed by atoms with Crippen molar-refractivity contribution in [2.75, 3.05) is 36.5 Å². The Kier molecular flexibility index (Phi) is 5.90. The van der Waals surface area contributed by atoms with Gasteiger partial charge in [0.05, 0.1) is 24.6 Å². The van der Waals surface area contributed by atoms with Crippen molar-refractivity contribution in [2.24, 2.45) is 0 Å². The predicted octanol–water partition coefficient (Wildman–Crippen LogP) is 3.32. The van der Waals surface area contributed by atoms with Gasteiger partial charge in [-0.15, -0.1) is 0 Å². The molecule has 3 rings (SSSR count). The van der Waals surface area contributed by atoms with Crippen LogP contribution in [0.1, 0.15) is 13.3 Å². The lowest BCUT2D eigenvalue weighted by molar-refractivity contribution is -0.122. The molecule has 1 amide bonds. The number of rotatable bonds is 6. The van der Waals surface area contributed by atoms with Crippen LogP contribution in [0.4, 0.5) is 11.4 Å². The largest absolute Gasteiger partial charge is 0.481 e. The van der Waals surface area contributed by atoms with Gasteiger partial charge in [-0.3, -0.25) is 4.79 Å². The van der Waals surface area contributed by atoms with Gasteiger partial charge in [-0.05, 0) is 30.7 Å². The van der Waals surface area contributed by atoms with Gasteiger partial charge >= 0.3 is 0 Å². The molecule has 0 unspecified atom stereocenters. The quantitative estimate of drug-likeness (QED) is 0.876. The molecule has 1 heterocycles. The molecule has 0 bridgehead atoms. The van der Waals surface area contributed by atoms with E-state index in [1.165, 1.54) is 0 Å². The summed E-state index contributed by atoms with van der Waals surface area (Å²) in [5, 5.41) is 3.03. The van der Waals surface area contributed by atoms with E-state index in [2.05, 4.69) is 10.2 Å². The van der Waals surface area contributed by atoms with Gasteiger partial charge in [0.2, 0.25) is 0 Å². The minimum Gasteiger partial charge on any atom is -0.481 e. The third kappa shape index (κ3) is 4.51. The van der Waals surface area contributed by atoms with E-state index >= 15 is 0 Å². The molecule has 25 heavy (non-hydrogen) atoms. The molecular formula is C20H24N2O3. The lowest BCUT2D eigenvalue weighted by Crippen LogP contribution is -2.37. The van der Waals surface area contributed by atoms with E-state index in [0.29, 0.717) is 25.4 Å². The summed E-state index contributed by atoms with van der Waals surface area (Å²) in [6.45, 7) is 5.00. The molecule has 5 nitrogen and oxygen atoms in total. The Morgan fingerprint density at radius 3 is 2.52 bits per heavy atom. The fourth-order valence-corrected chi connectivity index (χ4v) is 2.86. The molecule has 2 aromatic rings. The first kappa shape index (κ1) is 17.3. The molecule has 0 aromatic heterocycles. The van der Waals surface area contributed by atoms with Crippen LogP contribution in [0, 0.1) is 0 Å². The normalized spacial score (nSPS) is 15.5. The van der Waals surface area contributed by atoms with Crippen LogP contribution in [-0.4, -0.2) is 38.3 Å². The average molecular weight is 340 g/mol. The number of morpholine rings is 1. The number of carbonyl (C=O) groups excluding carboxylic acids is 1. The second kappa shape index (κ2) is 8.53. The lowest BCUT2D eigenvalue weighted by Gasteiger charge is -2.30. The van der Waals surface area contributed by atoms with E-state index in [1.807, 2.05) is 61.5 Å². The summed E-state index contributed by atoms with van der Waals surface area (Å²) in [7, 11) is 0. The van der Waals surface area contributed by atoms with Crippen LogP contribution in [0.3, 0.4) is 0 Å². The summed E-state index contributed by atoms with van der Waals surface area (Å²) in [5.74, 6) is 0.568. The summed E-state index contributed by atoms with van der Waals surface area (Å²) in [5.41, 5.74) is 1.83. The van der Waals surface area contributed by atoms with Gasteiger partial charge in [-0.25, -0.2) is 0 Å². The first-order chi connectivity index (χ1) is 12.3. The number of carbonyl (C=O) groups is 1. The van der Waals surface area contributed by atoms with Gasteiger partial charge < -0.3 is 19.7 Å². The van der Waals surface area contributed by atoms with Crippen LogP contribution in [0.15, 0.2) is 54.6 Å². The topological polar surface area (TPSA) is 50.8 Å². The first-order valence-electron chi connectivity index (χ1n) is 8.72. The number of ether oxygens (including phenoxy) is 2. The molecule has 1 aliphatic rings. The summed E-state index contributed by atoms with van der Waals surface area (Å²) in [6.07, 6.45) is 0.0700. The van der Waals surface area contributed by atoms with E-state index in [4.69, 9.17) is 9.47 Å². The van der Waals surface area contributed by atoms with E-state index in [0.717, 1.165) is 24.5 Å². The highest BCUT2D eigenvalue weighted by Gasteiger charge is 2.21. The number of hydrogen-bond donors (Lipinski definition) is 1. The van der Waals surface area contributed by atoms with Gasteiger partial charge in [-0.1, -0.05) is 37.3 Å². The fourth-order valence-electron chi connectivity index (χ4n) is 2.86. The van der Waals surface area contributed by atoms with Crippen molar-refractivity contribution in [2.45, 2.75) is 19.4 Å². The number of nitrogens with zero attached hydrogens (tertiary/aromatic N) is 1. The van der Waals surface area contributed by atoms with Crippen molar-refractivity contribution < 1.29 is 14.3 Å². The zero-order chi connectivity index (χ0) is 17.5. The summed E-state index contributed by atoms with van der Waals surface area (Å²) in [4.78, 5) is 14.9. The highest BCUT2D eigenvalue weighted by molar-refractivity contribution is 5.97. The van der Waals surface area contributed by atoms with Crippen LogP contribution in [0.5, 0.6) is 5.75 Å². The van der Waals surface area contributed by atoms with Gasteiger partial charge in [0.15, 0.2) is 6.10 Å². The molecule has 0 radical (unpaired) electrons. The summed E-state index contributed by atoms with van der Waals surface area (Å²) >= 11 is 0. The maximum Gasteiger partial charge on any atom is 0.265 e. The number of hydrogen-bond acceptors (Lipinski definition) is 4. The smallest absolute Gasteiger partial charge is 0.265 e. The van der Waals surface area contributed by atoms with Gasteiger partial charge in [0.1, 0.15) is 5.75 Å². The van der Waals surface area contributed by atoms with E-state index < -0.39 is 6.10 Å². The molecule has 1 N–H and O–H groups in total. The standard InChI is InChI=1S/C20H24N2O3/c1-2-19(25-16-8-4-3-5-9-16)20(23)21-17-10-6-7-11-18(17)22-12-14-24-15-13-22/h3-11,19H,2,12-15H2,1H3,(H,21,23)/t19-/m1/s1. The van der Waals surface area contributed by atoms with E-state index in [9.17, 15) is 4.79 Å². The Morgan fingerprint density at radius 1 is 1.12 bits per heavy atom. The summed E-state index contributed by atoms with van der Waals surface area (Å²) in [6, 6.07) is 17.3. The minimum absolute atomic E-state index is 0.132. The molecule has 1 saturated heterocycles. The molecule has 2 aromatic carbocycles. The Labute approximate surface area is 148 Å². The molecule has 1 fully saturated rings. The van der Waals surface area contributed by atoms with Crippen molar-refractivity contribution in [1.29, 1.82) is 0 Å². The van der Waals surface area contributed by atoms with Gasteiger partial charge in [-0.2, -0.15) is 0 Å². The highest BCUT2D eigenvalue weighted by atomic mass is 16.5. The molecule has 0 spiro atoms. The number of anilines is 2. The third-order valence-corrected chi connectivity index (χ3v) is 4.20. The molecule has 132 valence electrons. The number of para-hydroxylation sites is 3. The zero-order valence-corrected chi connectivity index (χ0v) is 14.5. The van der Waals surface area contributed by atoms with Gasteiger partial charge in [0.25, 0.3) is 5.91 Å². The van der Waals surface area contributed by atoms with Crippen LogP contribution < -0.4 is 15.0 Å². The molecule has 1 aliphatic heterocycles. The third-order valence-electron chi connectivity index (χ3n) is 4.20. The average Bonchev–Trinajstić information content (AvgIpc) is 2.68. The van der Waals surface area contributed by atoms with Crippen LogP contribution in [0.2, 0.25) is 0 Å². The Balaban J connectivity index is 1.71. The Bertz CT molecular complexity index is 684. The predicted molar refractivity (Wildman–Crippen MR) is 99.3 cm³/mol. The van der Waals surface area contributed by atoms with Crippen LogP contribution in [0.25, 0.3) is 0 Å². The monoisotopic (exact) mass is 340 g/mol. The summed E-state index contributed by atoms with van der Waals surface area (Å²) < 4.78 is 11.3. The Morgan fingerprint density at radius 2 is 1.80 bits per heavy atom. The van der Waals surface area contributed by atoms with Crippen molar-refractivity contribution >= 4 is 17.3 Å². The molecule has 5 heteroatoms. The molecular weight excluding hydrogens is 316 g/mol. The van der Waals surface area contributed by atoms with E-state index in [1.54, 1.807) is 0 Å². The van der Waals surface area contributed by atoms with Crippen molar-refractivity contribution in [3.05, 3.63) is 54.6 Å². The minimum atomic E-state index is -0.528. The maximum atomic E-state index is 12.7. The maximum absolute atomic E-state index is 12.7. The first-order valence-corrected chi connectivity index (χ1v) is 8.72. The number of nitrogens with one attached hydrogen (secondary N) is 1. The second-order valence-corrected chi connectivity index (χ2v) is 5.93. The highest BCUT2D eigenvalue weighted by Crippen LogP contribution is 2.27. The molecule has 1 atom stereocenters. The SMILES string of the molecule is CC[C@@H](Oc1ccccc1)C(=O)Nc1ccccc1N1CCOCC1. The number of benzene rings is 2. The molecule has 0 aliphatic carbocycles. The van der Waals surface area contributed by atoms with Crippen molar-refractivity contribution in [1.82, 2.24) is 0 Å². The number of amides is 1. The zero-order valence-electron chi connectivity index (χ0n) is 14.5. The molecule has 0 saturated carbocycles. The van der Waals surface area contributed by atoms with Gasteiger partial charge in [0, 0.05) is 13.1 Å². The Hall–Kier alpha value is -2.53. The van der Waals surface area contributed by atoms with Crippen LogP contribution in [-0.2, 0) is 9.53 Å². The fraction of sp³-hybridized carbons (Fsp3) is 0.350. The van der Waals surface area contributed by atoms with Crippen LogP contribution >= 0.6 is 0 Å². The second-order valence-electron chi connectivity index (χ2n) is 5.93.